The van der Waals surface area contributed by atoms with Crippen molar-refractivity contribution in [2.24, 2.45) is 5.92 Å². The molecule has 6 heteroatoms. The second kappa shape index (κ2) is 6.26. The molecule has 2 aromatic rings. The first-order chi connectivity index (χ1) is 11.8. The van der Waals surface area contributed by atoms with Crippen molar-refractivity contribution < 1.29 is 9.53 Å². The maximum atomic E-state index is 13.0. The largest absolute Gasteiger partial charge is 0.496 e. The average molecular weight is 326 g/mol. The predicted octanol–water partition coefficient (Wildman–Crippen LogP) is 2.08. The predicted molar refractivity (Wildman–Crippen MR) is 88.6 cm³/mol. The Bertz CT molecular complexity index is 716. The fourth-order valence-electron chi connectivity index (χ4n) is 3.86. The Morgan fingerprint density at radius 2 is 2.25 bits per heavy atom. The zero-order valence-electron chi connectivity index (χ0n) is 13.8. The fraction of sp³-hybridized carbons (Fsp3) is 0.500. The van der Waals surface area contributed by atoms with Crippen molar-refractivity contribution in [2.45, 2.75) is 37.8 Å². The Morgan fingerprint density at radius 1 is 1.38 bits per heavy atom. The zero-order valence-corrected chi connectivity index (χ0v) is 13.8. The Hall–Kier alpha value is -2.37. The van der Waals surface area contributed by atoms with Gasteiger partial charge in [-0.15, -0.1) is 0 Å². The molecule has 24 heavy (non-hydrogen) atoms. The molecule has 0 N–H and O–H groups in total. The van der Waals surface area contributed by atoms with Crippen LogP contribution in [0.5, 0.6) is 5.75 Å². The number of para-hydroxylation sites is 1. The summed E-state index contributed by atoms with van der Waals surface area (Å²) < 4.78 is 7.27. The van der Waals surface area contributed by atoms with Gasteiger partial charge in [-0.1, -0.05) is 18.2 Å². The van der Waals surface area contributed by atoms with Crippen LogP contribution in [0.4, 0.5) is 0 Å². The van der Waals surface area contributed by atoms with Crippen molar-refractivity contribution >= 4 is 5.91 Å². The van der Waals surface area contributed by atoms with E-state index in [9.17, 15) is 4.79 Å². The minimum Gasteiger partial charge on any atom is -0.496 e. The minimum atomic E-state index is 0.0950. The number of amides is 1. The molecule has 1 aliphatic heterocycles. The molecule has 0 bridgehead atoms. The van der Waals surface area contributed by atoms with E-state index in [1.807, 2.05) is 22.9 Å². The lowest BCUT2D eigenvalue weighted by Crippen LogP contribution is -2.39. The lowest BCUT2D eigenvalue weighted by molar-refractivity contribution is -0.133. The van der Waals surface area contributed by atoms with Gasteiger partial charge in [-0.2, -0.15) is 5.10 Å². The number of carbonyl (C=O) groups excluding carboxylic acids is 1. The average Bonchev–Trinajstić information content (AvgIpc) is 3.00. The molecule has 2 heterocycles. The third-order valence-electron chi connectivity index (χ3n) is 5.17. The number of hydrogen-bond donors (Lipinski definition) is 0. The van der Waals surface area contributed by atoms with Gasteiger partial charge in [-0.3, -0.25) is 9.48 Å². The summed E-state index contributed by atoms with van der Waals surface area (Å²) in [7, 11) is 1.69. The highest BCUT2D eigenvalue weighted by Gasteiger charge is 2.48. The molecular formula is C18H22N4O2. The SMILES string of the molecule is COc1ccccc1[C@H]1C[C@H]1C(=O)N1CCC[C@@H]1Cn1cncn1. The molecule has 0 unspecified atom stereocenters. The minimum absolute atomic E-state index is 0.0950. The summed E-state index contributed by atoms with van der Waals surface area (Å²) in [5, 5.41) is 4.17. The summed E-state index contributed by atoms with van der Waals surface area (Å²) in [5.41, 5.74) is 1.16. The molecule has 6 nitrogen and oxygen atoms in total. The van der Waals surface area contributed by atoms with Crippen molar-refractivity contribution in [3.05, 3.63) is 42.5 Å². The number of aromatic nitrogens is 3. The first-order valence-corrected chi connectivity index (χ1v) is 8.53. The third-order valence-corrected chi connectivity index (χ3v) is 5.17. The summed E-state index contributed by atoms with van der Waals surface area (Å²) in [5.74, 6) is 1.56. The van der Waals surface area contributed by atoms with Crippen molar-refractivity contribution in [3.8, 4) is 5.75 Å². The topological polar surface area (TPSA) is 60.2 Å². The van der Waals surface area contributed by atoms with Crippen LogP contribution in [-0.2, 0) is 11.3 Å². The van der Waals surface area contributed by atoms with Gasteiger partial charge in [0.05, 0.1) is 19.7 Å². The summed E-state index contributed by atoms with van der Waals surface area (Å²) in [6, 6.07) is 8.27. The summed E-state index contributed by atoms with van der Waals surface area (Å²) >= 11 is 0. The van der Waals surface area contributed by atoms with Gasteiger partial charge < -0.3 is 9.64 Å². The lowest BCUT2D eigenvalue weighted by atomic mass is 10.1. The molecule has 2 aliphatic rings. The van der Waals surface area contributed by atoms with Crippen molar-refractivity contribution in [1.29, 1.82) is 0 Å². The maximum absolute atomic E-state index is 13.0. The molecule has 1 amide bonds. The fourth-order valence-corrected chi connectivity index (χ4v) is 3.86. The van der Waals surface area contributed by atoms with Gasteiger partial charge in [-0.05, 0) is 36.8 Å². The summed E-state index contributed by atoms with van der Waals surface area (Å²) in [4.78, 5) is 19.0. The van der Waals surface area contributed by atoms with Gasteiger partial charge in [0.15, 0.2) is 0 Å². The first kappa shape index (κ1) is 15.2. The monoisotopic (exact) mass is 326 g/mol. The van der Waals surface area contributed by atoms with Gasteiger partial charge in [0.1, 0.15) is 18.4 Å². The Morgan fingerprint density at radius 3 is 3.04 bits per heavy atom. The van der Waals surface area contributed by atoms with Crippen LogP contribution >= 0.6 is 0 Å². The molecule has 3 atom stereocenters. The molecular weight excluding hydrogens is 304 g/mol. The van der Waals surface area contributed by atoms with Gasteiger partial charge in [-0.25, -0.2) is 4.98 Å². The van der Waals surface area contributed by atoms with E-state index in [1.54, 1.807) is 19.8 Å². The maximum Gasteiger partial charge on any atom is 0.226 e. The summed E-state index contributed by atoms with van der Waals surface area (Å²) in [6.45, 7) is 1.59. The van der Waals surface area contributed by atoms with Gasteiger partial charge in [0, 0.05) is 12.5 Å². The van der Waals surface area contributed by atoms with Crippen LogP contribution in [0.1, 0.15) is 30.7 Å². The van der Waals surface area contributed by atoms with E-state index >= 15 is 0 Å². The van der Waals surface area contributed by atoms with Crippen LogP contribution in [-0.4, -0.2) is 45.3 Å². The number of carbonyl (C=O) groups is 1. The van der Waals surface area contributed by atoms with Gasteiger partial charge in [0.25, 0.3) is 0 Å². The highest BCUT2D eigenvalue weighted by Crippen LogP contribution is 2.51. The number of rotatable bonds is 5. The first-order valence-electron chi connectivity index (χ1n) is 8.53. The quantitative estimate of drug-likeness (QED) is 0.844. The number of benzene rings is 1. The van der Waals surface area contributed by atoms with Crippen LogP contribution in [0.2, 0.25) is 0 Å². The Kier molecular flexibility index (Phi) is 3.96. The van der Waals surface area contributed by atoms with Crippen LogP contribution in [0.15, 0.2) is 36.9 Å². The van der Waals surface area contributed by atoms with E-state index in [1.165, 1.54) is 0 Å². The highest BCUT2D eigenvalue weighted by molar-refractivity contribution is 5.83. The molecule has 1 aromatic heterocycles. The number of likely N-dealkylation sites (tertiary alicyclic amines) is 1. The molecule has 1 saturated carbocycles. The smallest absolute Gasteiger partial charge is 0.226 e. The molecule has 1 aliphatic carbocycles. The molecule has 2 fully saturated rings. The molecule has 126 valence electrons. The van der Waals surface area contributed by atoms with Crippen LogP contribution in [0, 0.1) is 5.92 Å². The number of ether oxygens (including phenoxy) is 1. The second-order valence-electron chi connectivity index (χ2n) is 6.64. The number of hydrogen-bond acceptors (Lipinski definition) is 4. The standard InChI is InChI=1S/C18H22N4O2/c1-24-17-7-3-2-6-14(17)15-9-16(15)18(23)22-8-4-5-13(22)10-21-12-19-11-20-21/h2-3,6-7,11-13,15-16H,4-5,8-10H2,1H3/t13-,15-,16-/m1/s1. The third kappa shape index (κ3) is 2.77. The van der Waals surface area contributed by atoms with Crippen LogP contribution in [0.25, 0.3) is 0 Å². The van der Waals surface area contributed by atoms with Crippen molar-refractivity contribution in [3.63, 3.8) is 0 Å². The van der Waals surface area contributed by atoms with Crippen molar-refractivity contribution in [2.75, 3.05) is 13.7 Å². The second-order valence-corrected chi connectivity index (χ2v) is 6.64. The Labute approximate surface area is 141 Å². The van der Waals surface area contributed by atoms with E-state index in [0.29, 0.717) is 5.92 Å². The van der Waals surface area contributed by atoms with Crippen molar-refractivity contribution in [1.82, 2.24) is 19.7 Å². The Balaban J connectivity index is 1.44. The van der Waals surface area contributed by atoms with E-state index in [2.05, 4.69) is 21.0 Å². The van der Waals surface area contributed by atoms with Crippen LogP contribution in [0.3, 0.4) is 0 Å². The van der Waals surface area contributed by atoms with E-state index < -0.39 is 0 Å². The van der Waals surface area contributed by atoms with E-state index in [0.717, 1.165) is 43.7 Å². The number of methoxy groups -OCH3 is 1. The zero-order chi connectivity index (χ0) is 16.5. The highest BCUT2D eigenvalue weighted by atomic mass is 16.5. The normalized spacial score (nSPS) is 25.7. The molecule has 0 spiro atoms. The molecule has 1 saturated heterocycles. The number of nitrogens with zero attached hydrogens (tertiary/aromatic N) is 4. The van der Waals surface area contributed by atoms with E-state index in [-0.39, 0.29) is 17.9 Å². The van der Waals surface area contributed by atoms with Gasteiger partial charge >= 0.3 is 0 Å². The van der Waals surface area contributed by atoms with Gasteiger partial charge in [0.2, 0.25) is 5.91 Å². The van der Waals surface area contributed by atoms with E-state index in [4.69, 9.17) is 4.74 Å². The summed E-state index contributed by atoms with van der Waals surface area (Å²) in [6.07, 6.45) is 6.29. The lowest BCUT2D eigenvalue weighted by Gasteiger charge is -2.25. The molecule has 4 rings (SSSR count). The molecule has 1 aromatic carbocycles. The molecule has 0 radical (unpaired) electrons. The van der Waals surface area contributed by atoms with Crippen LogP contribution < -0.4 is 4.74 Å².